The van der Waals surface area contributed by atoms with E-state index in [9.17, 15) is 0 Å². The number of anilines is 1. The average Bonchev–Trinajstić information content (AvgIpc) is 3.22. The maximum Gasteiger partial charge on any atom is 0.160 e. The summed E-state index contributed by atoms with van der Waals surface area (Å²) in [5.74, 6) is 0.974. The van der Waals surface area contributed by atoms with Gasteiger partial charge in [0.05, 0.1) is 0 Å². The van der Waals surface area contributed by atoms with Gasteiger partial charge in [0.1, 0.15) is 11.3 Å². The molecule has 1 fully saturated rings. The van der Waals surface area contributed by atoms with E-state index in [2.05, 4.69) is 25.5 Å². The summed E-state index contributed by atoms with van der Waals surface area (Å²) >= 11 is 3.49. The largest absolute Gasteiger partial charge is 0.398 e. The molecule has 4 rings (SSSR count). The summed E-state index contributed by atoms with van der Waals surface area (Å²) in [6.45, 7) is 0. The molecule has 0 atom stereocenters. The van der Waals surface area contributed by atoms with Crippen molar-refractivity contribution in [1.82, 2.24) is 14.5 Å². The molecule has 1 aliphatic carbocycles. The second-order valence-electron chi connectivity index (χ2n) is 5.12. The normalized spacial score (nSPS) is 14.8. The molecule has 1 aromatic carbocycles. The van der Waals surface area contributed by atoms with Crippen LogP contribution in [0, 0.1) is 0 Å². The minimum absolute atomic E-state index is 0.529. The van der Waals surface area contributed by atoms with E-state index < -0.39 is 0 Å². The number of nitrogens with zero attached hydrogens (tertiary/aromatic N) is 3. The number of rotatable bonds is 2. The molecule has 100 valence electrons. The second-order valence-corrected chi connectivity index (χ2v) is 5.97. The van der Waals surface area contributed by atoms with Crippen molar-refractivity contribution < 1.29 is 0 Å². The number of aromatic nitrogens is 3. The molecular weight excluding hydrogens is 316 g/mol. The Morgan fingerprint density at radius 3 is 2.85 bits per heavy atom. The van der Waals surface area contributed by atoms with Crippen molar-refractivity contribution in [2.75, 3.05) is 5.73 Å². The highest BCUT2D eigenvalue weighted by Gasteiger charge is 2.29. The second kappa shape index (κ2) is 4.31. The fourth-order valence-electron chi connectivity index (χ4n) is 2.48. The van der Waals surface area contributed by atoms with E-state index in [-0.39, 0.29) is 0 Å². The van der Waals surface area contributed by atoms with Crippen LogP contribution in [0.2, 0.25) is 0 Å². The minimum atomic E-state index is 0.529. The van der Waals surface area contributed by atoms with Crippen molar-refractivity contribution in [3.63, 3.8) is 0 Å². The van der Waals surface area contributed by atoms with Crippen LogP contribution in [0.15, 0.2) is 41.0 Å². The predicted octanol–water partition coefficient (Wildman–Crippen LogP) is 3.78. The van der Waals surface area contributed by atoms with E-state index in [1.807, 2.05) is 36.5 Å². The van der Waals surface area contributed by atoms with Crippen molar-refractivity contribution in [2.24, 2.45) is 0 Å². The van der Waals surface area contributed by atoms with Gasteiger partial charge >= 0.3 is 0 Å². The zero-order chi connectivity index (χ0) is 13.7. The first kappa shape index (κ1) is 11.9. The molecule has 3 aromatic rings. The number of nitrogens with two attached hydrogens (primary N) is 1. The molecule has 0 unspecified atom stereocenters. The molecule has 0 aliphatic heterocycles. The molecule has 20 heavy (non-hydrogen) atoms. The van der Waals surface area contributed by atoms with Gasteiger partial charge in [-0.15, -0.1) is 0 Å². The van der Waals surface area contributed by atoms with Crippen molar-refractivity contribution >= 4 is 32.8 Å². The monoisotopic (exact) mass is 328 g/mol. The summed E-state index contributed by atoms with van der Waals surface area (Å²) in [6.07, 6.45) is 4.22. The van der Waals surface area contributed by atoms with Crippen molar-refractivity contribution in [1.29, 1.82) is 0 Å². The Morgan fingerprint density at radius 2 is 2.10 bits per heavy atom. The molecule has 2 aromatic heterocycles. The lowest BCUT2D eigenvalue weighted by Gasteiger charge is -2.08. The first-order valence-corrected chi connectivity index (χ1v) is 7.41. The Kier molecular flexibility index (Phi) is 2.57. The molecule has 0 radical (unpaired) electrons. The molecule has 0 amide bonds. The van der Waals surface area contributed by atoms with Crippen LogP contribution in [0.25, 0.3) is 22.6 Å². The van der Waals surface area contributed by atoms with E-state index in [0.717, 1.165) is 32.7 Å². The Labute approximate surface area is 124 Å². The summed E-state index contributed by atoms with van der Waals surface area (Å²) in [7, 11) is 0. The summed E-state index contributed by atoms with van der Waals surface area (Å²) in [4.78, 5) is 9.25. The maximum absolute atomic E-state index is 5.87. The Morgan fingerprint density at radius 1 is 1.25 bits per heavy atom. The third-order valence-electron chi connectivity index (χ3n) is 3.62. The van der Waals surface area contributed by atoms with Gasteiger partial charge < -0.3 is 10.3 Å². The number of pyridine rings is 1. The molecule has 4 nitrogen and oxygen atoms in total. The van der Waals surface area contributed by atoms with Gasteiger partial charge in [0.2, 0.25) is 0 Å². The van der Waals surface area contributed by atoms with Crippen LogP contribution in [0.5, 0.6) is 0 Å². The van der Waals surface area contributed by atoms with E-state index in [0.29, 0.717) is 6.04 Å². The third kappa shape index (κ3) is 1.81. The lowest BCUT2D eigenvalue weighted by atomic mass is 10.2. The smallest absolute Gasteiger partial charge is 0.160 e. The Balaban J connectivity index is 1.98. The highest BCUT2D eigenvalue weighted by Crippen LogP contribution is 2.41. The number of halogens is 1. The van der Waals surface area contributed by atoms with Crippen LogP contribution >= 0.6 is 15.9 Å². The van der Waals surface area contributed by atoms with Gasteiger partial charge in [-0.25, -0.2) is 9.97 Å². The number of hydrogen-bond donors (Lipinski definition) is 1. The summed E-state index contributed by atoms with van der Waals surface area (Å²) in [5.41, 5.74) is 9.59. The van der Waals surface area contributed by atoms with Crippen molar-refractivity contribution in [3.8, 4) is 11.4 Å². The van der Waals surface area contributed by atoms with Crippen molar-refractivity contribution in [3.05, 3.63) is 41.0 Å². The van der Waals surface area contributed by atoms with Crippen LogP contribution in [0.4, 0.5) is 5.69 Å². The topological polar surface area (TPSA) is 56.7 Å². The van der Waals surface area contributed by atoms with Crippen LogP contribution < -0.4 is 5.73 Å². The molecule has 2 heterocycles. The number of imidazole rings is 1. The SMILES string of the molecule is Nc1ccc(-c2nc3cccnc3n2C2CC2)cc1Br. The quantitative estimate of drug-likeness (QED) is 0.728. The lowest BCUT2D eigenvalue weighted by Crippen LogP contribution is -1.99. The number of hydrogen-bond acceptors (Lipinski definition) is 3. The third-order valence-corrected chi connectivity index (χ3v) is 4.31. The zero-order valence-electron chi connectivity index (χ0n) is 10.8. The fraction of sp³-hybridized carbons (Fsp3) is 0.200. The molecule has 0 spiro atoms. The van der Waals surface area contributed by atoms with E-state index in [1.54, 1.807) is 0 Å². The fourth-order valence-corrected chi connectivity index (χ4v) is 2.86. The van der Waals surface area contributed by atoms with Crippen LogP contribution in [-0.4, -0.2) is 14.5 Å². The van der Waals surface area contributed by atoms with Gasteiger partial charge in [-0.3, -0.25) is 0 Å². The molecule has 0 saturated heterocycles. The van der Waals surface area contributed by atoms with Gasteiger partial charge in [-0.05, 0) is 59.1 Å². The first-order valence-electron chi connectivity index (χ1n) is 6.62. The lowest BCUT2D eigenvalue weighted by molar-refractivity contribution is 0.766. The highest BCUT2D eigenvalue weighted by atomic mass is 79.9. The van der Waals surface area contributed by atoms with Crippen molar-refractivity contribution in [2.45, 2.75) is 18.9 Å². The van der Waals surface area contributed by atoms with Crippen LogP contribution in [-0.2, 0) is 0 Å². The summed E-state index contributed by atoms with van der Waals surface area (Å²) < 4.78 is 3.16. The summed E-state index contributed by atoms with van der Waals surface area (Å²) in [6, 6.07) is 10.4. The van der Waals surface area contributed by atoms with Crippen LogP contribution in [0.1, 0.15) is 18.9 Å². The summed E-state index contributed by atoms with van der Waals surface area (Å²) in [5, 5.41) is 0. The zero-order valence-corrected chi connectivity index (χ0v) is 12.3. The molecule has 2 N–H and O–H groups in total. The Hall–Kier alpha value is -1.88. The number of benzene rings is 1. The molecule has 5 heteroatoms. The minimum Gasteiger partial charge on any atom is -0.398 e. The molecule has 0 bridgehead atoms. The molecule has 1 saturated carbocycles. The molecule has 1 aliphatic rings. The van der Waals surface area contributed by atoms with Gasteiger partial charge in [0.25, 0.3) is 0 Å². The predicted molar refractivity (Wildman–Crippen MR) is 83.3 cm³/mol. The van der Waals surface area contributed by atoms with Gasteiger partial charge in [-0.1, -0.05) is 0 Å². The van der Waals surface area contributed by atoms with E-state index >= 15 is 0 Å². The highest BCUT2D eigenvalue weighted by molar-refractivity contribution is 9.10. The molecular formula is C15H13BrN4. The van der Waals surface area contributed by atoms with Crippen LogP contribution in [0.3, 0.4) is 0 Å². The Bertz CT molecular complexity index is 805. The average molecular weight is 329 g/mol. The maximum atomic E-state index is 5.87. The van der Waals surface area contributed by atoms with E-state index in [1.165, 1.54) is 12.8 Å². The number of fused-ring (bicyclic) bond motifs is 1. The van der Waals surface area contributed by atoms with Gasteiger partial charge in [0.15, 0.2) is 5.65 Å². The van der Waals surface area contributed by atoms with Gasteiger partial charge in [0, 0.05) is 28.0 Å². The van der Waals surface area contributed by atoms with E-state index in [4.69, 9.17) is 10.7 Å². The number of nitrogen functional groups attached to an aromatic ring is 1. The van der Waals surface area contributed by atoms with Gasteiger partial charge in [-0.2, -0.15) is 0 Å². The first-order chi connectivity index (χ1) is 9.74. The standard InChI is InChI=1S/C15H13BrN4/c16-11-8-9(3-6-12(11)17)14-19-13-2-1-7-18-15(13)20(14)10-4-5-10/h1-3,6-8,10H,4-5,17H2.